The lowest BCUT2D eigenvalue weighted by Gasteiger charge is -2.20. The van der Waals surface area contributed by atoms with Gasteiger partial charge in [-0.1, -0.05) is 34.1 Å². The number of ether oxygens (including phenoxy) is 1. The summed E-state index contributed by atoms with van der Waals surface area (Å²) in [6.45, 7) is 0.764. The van der Waals surface area contributed by atoms with Crippen molar-refractivity contribution in [2.24, 2.45) is 0 Å². The zero-order valence-electron chi connectivity index (χ0n) is 9.86. The minimum Gasteiger partial charge on any atom is -0.480 e. The number of fused-ring (bicyclic) bond motifs is 1. The molecule has 0 saturated carbocycles. The largest absolute Gasteiger partial charge is 0.480 e. The van der Waals surface area contributed by atoms with Crippen LogP contribution >= 0.6 is 15.9 Å². The molecule has 0 bridgehead atoms. The van der Waals surface area contributed by atoms with Crippen LogP contribution in [0.15, 0.2) is 24.3 Å². The van der Waals surface area contributed by atoms with Crippen molar-refractivity contribution in [2.45, 2.75) is 18.9 Å². The van der Waals surface area contributed by atoms with E-state index in [-0.39, 0.29) is 12.0 Å². The van der Waals surface area contributed by atoms with Crippen LogP contribution in [0.4, 0.5) is 0 Å². The van der Waals surface area contributed by atoms with E-state index in [4.69, 9.17) is 4.74 Å². The molecule has 17 heavy (non-hydrogen) atoms. The maximum Gasteiger partial charge on any atom is 0.263 e. The van der Waals surface area contributed by atoms with Gasteiger partial charge in [0.15, 0.2) is 6.10 Å². The molecule has 0 N–H and O–H groups in total. The molecule has 0 fully saturated rings. The van der Waals surface area contributed by atoms with Crippen molar-refractivity contribution in [2.75, 3.05) is 18.9 Å². The Bertz CT molecular complexity index is 383. The molecule has 1 aromatic carbocycles. The summed E-state index contributed by atoms with van der Waals surface area (Å²) in [4.78, 5) is 13.9. The highest BCUT2D eigenvalue weighted by Gasteiger charge is 2.30. The summed E-state index contributed by atoms with van der Waals surface area (Å²) >= 11 is 3.36. The van der Waals surface area contributed by atoms with Crippen LogP contribution in [-0.2, 0) is 11.2 Å². The Kier molecular flexibility index (Phi) is 4.05. The lowest BCUT2D eigenvalue weighted by molar-refractivity contribution is -0.136. The molecular weight excluding hydrogens is 282 g/mol. The van der Waals surface area contributed by atoms with Crippen LogP contribution in [0.25, 0.3) is 0 Å². The molecule has 1 amide bonds. The summed E-state index contributed by atoms with van der Waals surface area (Å²) in [5.41, 5.74) is 1.12. The highest BCUT2D eigenvalue weighted by atomic mass is 79.9. The van der Waals surface area contributed by atoms with Crippen molar-refractivity contribution in [3.05, 3.63) is 29.8 Å². The molecule has 1 atom stereocenters. The fourth-order valence-electron chi connectivity index (χ4n) is 1.97. The Balaban J connectivity index is 1.96. The predicted octanol–water partition coefficient (Wildman–Crippen LogP) is 2.23. The van der Waals surface area contributed by atoms with E-state index in [1.807, 2.05) is 31.3 Å². The second-order valence-corrected chi connectivity index (χ2v) is 5.01. The third-order valence-electron chi connectivity index (χ3n) is 2.93. The third kappa shape index (κ3) is 2.80. The number of carbonyl (C=O) groups is 1. The fourth-order valence-corrected chi connectivity index (χ4v) is 2.22. The monoisotopic (exact) mass is 297 g/mol. The first-order chi connectivity index (χ1) is 8.22. The van der Waals surface area contributed by atoms with Gasteiger partial charge in [-0.05, 0) is 18.1 Å². The first kappa shape index (κ1) is 12.4. The average molecular weight is 298 g/mol. The van der Waals surface area contributed by atoms with Crippen molar-refractivity contribution < 1.29 is 9.53 Å². The normalized spacial score (nSPS) is 17.4. The molecule has 0 saturated heterocycles. The smallest absolute Gasteiger partial charge is 0.263 e. The molecule has 0 aromatic heterocycles. The number of para-hydroxylation sites is 1. The third-order valence-corrected chi connectivity index (χ3v) is 3.49. The van der Waals surface area contributed by atoms with Crippen LogP contribution in [-0.4, -0.2) is 35.8 Å². The summed E-state index contributed by atoms with van der Waals surface area (Å²) in [5, 5.41) is 0.913. The van der Waals surface area contributed by atoms with Crippen LogP contribution in [0, 0.1) is 0 Å². The Morgan fingerprint density at radius 1 is 1.53 bits per heavy atom. The molecule has 0 radical (unpaired) electrons. The molecule has 1 unspecified atom stereocenters. The van der Waals surface area contributed by atoms with Gasteiger partial charge in [-0.25, -0.2) is 0 Å². The SMILES string of the molecule is CN(CCCBr)C(=O)C1Cc2ccccc2O1. The second kappa shape index (κ2) is 5.54. The van der Waals surface area contributed by atoms with Crippen molar-refractivity contribution in [3.8, 4) is 5.75 Å². The van der Waals surface area contributed by atoms with Crippen LogP contribution in [0.5, 0.6) is 5.75 Å². The molecule has 92 valence electrons. The number of nitrogens with zero attached hydrogens (tertiary/aromatic N) is 1. The molecule has 1 aliphatic heterocycles. The Labute approximate surface area is 110 Å². The standard InChI is InChI=1S/C13H16BrNO2/c1-15(8-4-7-14)13(16)12-9-10-5-2-3-6-11(10)17-12/h2-3,5-6,12H,4,7-9H2,1H3. The summed E-state index contributed by atoms with van der Waals surface area (Å²) in [6, 6.07) is 7.84. The van der Waals surface area contributed by atoms with Crippen molar-refractivity contribution in [1.29, 1.82) is 0 Å². The van der Waals surface area contributed by atoms with Gasteiger partial charge in [0.1, 0.15) is 5.75 Å². The van der Waals surface area contributed by atoms with E-state index in [0.717, 1.165) is 29.6 Å². The predicted molar refractivity (Wildman–Crippen MR) is 70.6 cm³/mol. The lowest BCUT2D eigenvalue weighted by Crippen LogP contribution is -2.39. The summed E-state index contributed by atoms with van der Waals surface area (Å²) in [7, 11) is 1.83. The number of rotatable bonds is 4. The minimum atomic E-state index is -0.340. The quantitative estimate of drug-likeness (QED) is 0.798. The average Bonchev–Trinajstić information content (AvgIpc) is 2.78. The van der Waals surface area contributed by atoms with Crippen molar-refractivity contribution in [3.63, 3.8) is 0 Å². The van der Waals surface area contributed by atoms with Crippen LogP contribution in [0.3, 0.4) is 0 Å². The number of amides is 1. The molecule has 4 heteroatoms. The van der Waals surface area contributed by atoms with Crippen molar-refractivity contribution >= 4 is 21.8 Å². The number of benzene rings is 1. The molecule has 2 rings (SSSR count). The zero-order valence-corrected chi connectivity index (χ0v) is 11.4. The summed E-state index contributed by atoms with van der Waals surface area (Å²) in [5.74, 6) is 0.918. The molecule has 1 aliphatic rings. The van der Waals surface area contributed by atoms with Gasteiger partial charge in [0, 0.05) is 25.3 Å². The minimum absolute atomic E-state index is 0.0714. The number of alkyl halides is 1. The fraction of sp³-hybridized carbons (Fsp3) is 0.462. The zero-order chi connectivity index (χ0) is 12.3. The summed E-state index contributed by atoms with van der Waals surface area (Å²) < 4.78 is 5.67. The maximum absolute atomic E-state index is 12.1. The van der Waals surface area contributed by atoms with E-state index < -0.39 is 0 Å². The van der Waals surface area contributed by atoms with Gasteiger partial charge in [0.05, 0.1) is 0 Å². The van der Waals surface area contributed by atoms with Gasteiger partial charge in [-0.3, -0.25) is 4.79 Å². The van der Waals surface area contributed by atoms with Crippen LogP contribution in [0.1, 0.15) is 12.0 Å². The first-order valence-corrected chi connectivity index (χ1v) is 6.90. The van der Waals surface area contributed by atoms with E-state index in [2.05, 4.69) is 15.9 Å². The molecule has 3 nitrogen and oxygen atoms in total. The van der Waals surface area contributed by atoms with Gasteiger partial charge in [-0.2, -0.15) is 0 Å². The van der Waals surface area contributed by atoms with E-state index in [0.29, 0.717) is 6.42 Å². The number of halogens is 1. The molecule has 0 spiro atoms. The van der Waals surface area contributed by atoms with E-state index in [1.165, 1.54) is 0 Å². The molecule has 0 aliphatic carbocycles. The topological polar surface area (TPSA) is 29.5 Å². The molecule has 1 heterocycles. The highest BCUT2D eigenvalue weighted by Crippen LogP contribution is 2.28. The van der Waals surface area contributed by atoms with E-state index in [1.54, 1.807) is 4.90 Å². The maximum atomic E-state index is 12.1. The van der Waals surface area contributed by atoms with Gasteiger partial charge in [0.2, 0.25) is 0 Å². The van der Waals surface area contributed by atoms with Gasteiger partial charge >= 0.3 is 0 Å². The second-order valence-electron chi connectivity index (χ2n) is 4.22. The molecule has 1 aromatic rings. The van der Waals surface area contributed by atoms with Crippen LogP contribution < -0.4 is 4.74 Å². The number of likely N-dealkylation sites (N-methyl/N-ethyl adjacent to an activating group) is 1. The first-order valence-electron chi connectivity index (χ1n) is 5.78. The Hall–Kier alpha value is -1.03. The number of hydrogen-bond donors (Lipinski definition) is 0. The van der Waals surface area contributed by atoms with Gasteiger partial charge < -0.3 is 9.64 Å². The van der Waals surface area contributed by atoms with Crippen molar-refractivity contribution in [1.82, 2.24) is 4.90 Å². The van der Waals surface area contributed by atoms with Crippen LogP contribution in [0.2, 0.25) is 0 Å². The number of carbonyl (C=O) groups excluding carboxylic acids is 1. The Morgan fingerprint density at radius 3 is 3.00 bits per heavy atom. The van der Waals surface area contributed by atoms with E-state index in [9.17, 15) is 4.79 Å². The molecular formula is C13H16BrNO2. The van der Waals surface area contributed by atoms with Gasteiger partial charge in [-0.15, -0.1) is 0 Å². The number of hydrogen-bond acceptors (Lipinski definition) is 2. The Morgan fingerprint density at radius 2 is 2.29 bits per heavy atom. The lowest BCUT2D eigenvalue weighted by atomic mass is 10.1. The van der Waals surface area contributed by atoms with E-state index >= 15 is 0 Å². The highest BCUT2D eigenvalue weighted by molar-refractivity contribution is 9.09. The summed E-state index contributed by atoms with van der Waals surface area (Å²) in [6.07, 6.45) is 1.31. The van der Waals surface area contributed by atoms with Gasteiger partial charge in [0.25, 0.3) is 5.91 Å².